The number of rotatable bonds is 8. The maximum Gasteiger partial charge on any atom is 0.328 e. The molecule has 146 valence electrons. The highest BCUT2D eigenvalue weighted by Gasteiger charge is 2.20. The molecule has 0 saturated carbocycles. The smallest absolute Gasteiger partial charge is 0.328 e. The van der Waals surface area contributed by atoms with E-state index in [2.05, 4.69) is 29.5 Å². The molecule has 1 aromatic carbocycles. The van der Waals surface area contributed by atoms with E-state index in [1.165, 1.54) is 18.3 Å². The van der Waals surface area contributed by atoms with Crippen molar-refractivity contribution >= 4 is 51.5 Å². The van der Waals surface area contributed by atoms with Crippen LogP contribution < -0.4 is 10.6 Å². The zero-order valence-corrected chi connectivity index (χ0v) is 17.5. The third-order valence-corrected chi connectivity index (χ3v) is 5.39. The first-order valence-electron chi connectivity index (χ1n) is 8.36. The number of carboxylic acids is 1. The van der Waals surface area contributed by atoms with Crippen molar-refractivity contribution in [2.75, 3.05) is 11.9 Å². The molecule has 2 aromatic rings. The second-order valence-corrected chi connectivity index (χ2v) is 8.39. The van der Waals surface area contributed by atoms with Crippen LogP contribution in [0, 0.1) is 5.92 Å². The van der Waals surface area contributed by atoms with Crippen LogP contribution in [-0.4, -0.2) is 34.6 Å². The second kappa shape index (κ2) is 9.39. The Labute approximate surface area is 171 Å². The number of anilines is 1. The lowest BCUT2D eigenvalue weighted by atomic mass is 10.0. The highest BCUT2D eigenvalue weighted by Crippen LogP contribution is 2.35. The summed E-state index contributed by atoms with van der Waals surface area (Å²) in [6.07, 6.45) is 0.822. The van der Waals surface area contributed by atoms with Crippen molar-refractivity contribution in [1.82, 2.24) is 10.3 Å². The monoisotopic (exact) mass is 429 g/mol. The number of hydrogen-bond acceptors (Lipinski definition) is 5. The minimum atomic E-state index is -1.11. The highest BCUT2D eigenvalue weighted by atomic mass is 35.5. The van der Waals surface area contributed by atoms with Gasteiger partial charge in [-0.3, -0.25) is 4.79 Å². The SMILES string of the molecule is CC(=O)NC(CNc1nc(-c2ccc(Cl)c(Cl)c2)c(CC(C)C)s1)C(=O)O. The van der Waals surface area contributed by atoms with Gasteiger partial charge in [0.25, 0.3) is 0 Å². The van der Waals surface area contributed by atoms with Crippen LogP contribution in [0.4, 0.5) is 5.13 Å². The fraction of sp³-hybridized carbons (Fsp3) is 0.389. The predicted molar refractivity (Wildman–Crippen MR) is 110 cm³/mol. The molecule has 1 heterocycles. The number of aromatic nitrogens is 1. The van der Waals surface area contributed by atoms with Crippen molar-refractivity contribution in [3.8, 4) is 11.3 Å². The van der Waals surface area contributed by atoms with Crippen molar-refractivity contribution in [1.29, 1.82) is 0 Å². The van der Waals surface area contributed by atoms with Gasteiger partial charge in [0.2, 0.25) is 5.91 Å². The van der Waals surface area contributed by atoms with Crippen LogP contribution in [-0.2, 0) is 16.0 Å². The van der Waals surface area contributed by atoms with Gasteiger partial charge in [0, 0.05) is 23.9 Å². The Balaban J connectivity index is 2.27. The lowest BCUT2D eigenvalue weighted by molar-refractivity contribution is -0.141. The molecule has 1 amide bonds. The van der Waals surface area contributed by atoms with E-state index in [-0.39, 0.29) is 6.54 Å². The maximum atomic E-state index is 11.3. The van der Waals surface area contributed by atoms with E-state index in [0.29, 0.717) is 21.1 Å². The normalized spacial score (nSPS) is 12.1. The van der Waals surface area contributed by atoms with Gasteiger partial charge < -0.3 is 15.7 Å². The molecule has 0 radical (unpaired) electrons. The summed E-state index contributed by atoms with van der Waals surface area (Å²) in [6.45, 7) is 5.54. The van der Waals surface area contributed by atoms with Crippen molar-refractivity contribution in [2.45, 2.75) is 33.2 Å². The molecule has 27 heavy (non-hydrogen) atoms. The first-order valence-corrected chi connectivity index (χ1v) is 9.93. The van der Waals surface area contributed by atoms with Crippen molar-refractivity contribution in [3.05, 3.63) is 33.1 Å². The van der Waals surface area contributed by atoms with E-state index in [1.807, 2.05) is 6.07 Å². The van der Waals surface area contributed by atoms with E-state index >= 15 is 0 Å². The largest absolute Gasteiger partial charge is 0.480 e. The molecule has 6 nitrogen and oxygen atoms in total. The van der Waals surface area contributed by atoms with Gasteiger partial charge in [-0.1, -0.05) is 43.1 Å². The molecule has 0 fully saturated rings. The molecular weight excluding hydrogens is 409 g/mol. The Hall–Kier alpha value is -1.83. The number of nitrogens with one attached hydrogen (secondary N) is 2. The van der Waals surface area contributed by atoms with Crippen LogP contribution in [0.3, 0.4) is 0 Å². The molecule has 3 N–H and O–H groups in total. The Morgan fingerprint density at radius 2 is 1.96 bits per heavy atom. The highest BCUT2D eigenvalue weighted by molar-refractivity contribution is 7.16. The molecule has 0 aliphatic rings. The van der Waals surface area contributed by atoms with E-state index < -0.39 is 17.9 Å². The topological polar surface area (TPSA) is 91.3 Å². The third-order valence-electron chi connectivity index (χ3n) is 3.62. The van der Waals surface area contributed by atoms with Crippen molar-refractivity contribution in [2.24, 2.45) is 5.92 Å². The Kier molecular flexibility index (Phi) is 7.47. The minimum absolute atomic E-state index is 0.0321. The summed E-state index contributed by atoms with van der Waals surface area (Å²) in [6, 6.07) is 4.31. The molecule has 0 aliphatic carbocycles. The molecule has 0 spiro atoms. The Bertz CT molecular complexity index is 839. The van der Waals surface area contributed by atoms with Gasteiger partial charge in [0.1, 0.15) is 6.04 Å². The van der Waals surface area contributed by atoms with Gasteiger partial charge in [0.15, 0.2) is 5.13 Å². The molecule has 1 unspecified atom stereocenters. The fourth-order valence-electron chi connectivity index (χ4n) is 2.44. The number of benzene rings is 1. The number of aliphatic carboxylic acids is 1. The summed E-state index contributed by atoms with van der Waals surface area (Å²) in [7, 11) is 0. The summed E-state index contributed by atoms with van der Waals surface area (Å²) in [5, 5.41) is 16.1. The van der Waals surface area contributed by atoms with Gasteiger partial charge >= 0.3 is 5.97 Å². The van der Waals surface area contributed by atoms with Crippen LogP contribution in [0.15, 0.2) is 18.2 Å². The number of hydrogen-bond donors (Lipinski definition) is 3. The quantitative estimate of drug-likeness (QED) is 0.580. The number of carboxylic acid groups (broad SMARTS) is 1. The van der Waals surface area contributed by atoms with Crippen molar-refractivity contribution < 1.29 is 14.7 Å². The van der Waals surface area contributed by atoms with Gasteiger partial charge in [-0.25, -0.2) is 9.78 Å². The number of halogens is 2. The van der Waals surface area contributed by atoms with Crippen molar-refractivity contribution in [3.63, 3.8) is 0 Å². The molecule has 0 bridgehead atoms. The lowest BCUT2D eigenvalue weighted by Crippen LogP contribution is -2.44. The van der Waals surface area contributed by atoms with Gasteiger partial charge in [0.05, 0.1) is 15.7 Å². The van der Waals surface area contributed by atoms with Crippen LogP contribution in [0.25, 0.3) is 11.3 Å². The van der Waals surface area contributed by atoms with E-state index in [9.17, 15) is 14.7 Å². The summed E-state index contributed by atoms with van der Waals surface area (Å²) >= 11 is 13.6. The summed E-state index contributed by atoms with van der Waals surface area (Å²) in [5.74, 6) is -1.09. The fourth-order valence-corrected chi connectivity index (χ4v) is 3.94. The summed E-state index contributed by atoms with van der Waals surface area (Å²) in [4.78, 5) is 28.1. The van der Waals surface area contributed by atoms with E-state index in [1.54, 1.807) is 12.1 Å². The molecule has 1 aromatic heterocycles. The molecule has 0 saturated heterocycles. The second-order valence-electron chi connectivity index (χ2n) is 6.49. The zero-order chi connectivity index (χ0) is 20.1. The number of nitrogens with zero attached hydrogens (tertiary/aromatic N) is 1. The number of amides is 1. The lowest BCUT2D eigenvalue weighted by Gasteiger charge is -2.13. The standard InChI is InChI=1S/C18H21Cl2N3O3S/c1-9(2)6-15-16(11-4-5-12(19)13(20)7-11)23-18(27-15)21-8-14(17(25)26)22-10(3)24/h4-5,7,9,14H,6,8H2,1-3H3,(H,21,23)(H,22,24)(H,25,26). The predicted octanol–water partition coefficient (Wildman–Crippen LogP) is 4.32. The zero-order valence-electron chi connectivity index (χ0n) is 15.2. The first-order chi connectivity index (χ1) is 12.7. The van der Waals surface area contributed by atoms with Gasteiger partial charge in [-0.05, 0) is 24.5 Å². The maximum absolute atomic E-state index is 11.3. The molecule has 1 atom stereocenters. The molecule has 0 aliphatic heterocycles. The Morgan fingerprint density at radius 3 is 2.52 bits per heavy atom. The average Bonchev–Trinajstić information content (AvgIpc) is 2.95. The number of carbonyl (C=O) groups excluding carboxylic acids is 1. The first kappa shape index (κ1) is 21.5. The van der Waals surface area contributed by atoms with Gasteiger partial charge in [-0.15, -0.1) is 11.3 Å². The number of carbonyl (C=O) groups is 2. The number of thiazole rings is 1. The van der Waals surface area contributed by atoms with Crippen LogP contribution in [0.1, 0.15) is 25.6 Å². The van der Waals surface area contributed by atoms with Crippen LogP contribution >= 0.6 is 34.5 Å². The molecule has 2 rings (SSSR count). The average molecular weight is 430 g/mol. The van der Waals surface area contributed by atoms with Gasteiger partial charge in [-0.2, -0.15) is 0 Å². The summed E-state index contributed by atoms with van der Waals surface area (Å²) < 4.78 is 0. The van der Waals surface area contributed by atoms with E-state index in [0.717, 1.165) is 22.6 Å². The minimum Gasteiger partial charge on any atom is -0.480 e. The van der Waals surface area contributed by atoms with Crippen LogP contribution in [0.2, 0.25) is 10.0 Å². The molecular formula is C18H21Cl2N3O3S. The Morgan fingerprint density at radius 1 is 1.26 bits per heavy atom. The molecule has 9 heteroatoms. The van der Waals surface area contributed by atoms with E-state index in [4.69, 9.17) is 23.2 Å². The third kappa shape index (κ3) is 6.09. The summed E-state index contributed by atoms with van der Waals surface area (Å²) in [5.41, 5.74) is 1.64. The van der Waals surface area contributed by atoms with Crippen LogP contribution in [0.5, 0.6) is 0 Å².